The van der Waals surface area contributed by atoms with Gasteiger partial charge in [-0.3, -0.25) is 0 Å². The molecule has 3 N–H and O–H groups in total. The molecular formula is C17H19N3. The number of H-pyrrole nitrogens is 1. The predicted octanol–water partition coefficient (Wildman–Crippen LogP) is 3.81. The lowest BCUT2D eigenvalue weighted by atomic mass is 10.00. The van der Waals surface area contributed by atoms with Crippen LogP contribution in [0.2, 0.25) is 0 Å². The zero-order chi connectivity index (χ0) is 14.2. The number of hydrogen-bond donors (Lipinski definition) is 2. The average molecular weight is 265 g/mol. The van der Waals surface area contributed by atoms with Crippen molar-refractivity contribution in [3.63, 3.8) is 0 Å². The molecular weight excluding hydrogens is 246 g/mol. The molecule has 0 fully saturated rings. The molecule has 3 aromatic rings. The zero-order valence-corrected chi connectivity index (χ0v) is 11.9. The van der Waals surface area contributed by atoms with Gasteiger partial charge in [0.25, 0.3) is 0 Å². The van der Waals surface area contributed by atoms with Gasteiger partial charge in [0.2, 0.25) is 0 Å². The highest BCUT2D eigenvalue weighted by atomic mass is 15.0. The number of benzene rings is 2. The van der Waals surface area contributed by atoms with E-state index < -0.39 is 5.54 Å². The van der Waals surface area contributed by atoms with Crippen molar-refractivity contribution in [3.8, 4) is 11.3 Å². The van der Waals surface area contributed by atoms with Crippen molar-refractivity contribution in [3.05, 3.63) is 54.5 Å². The lowest BCUT2D eigenvalue weighted by molar-refractivity contribution is 0.450. The van der Waals surface area contributed by atoms with E-state index in [1.807, 2.05) is 13.1 Å². The van der Waals surface area contributed by atoms with Gasteiger partial charge in [-0.2, -0.15) is 0 Å². The standard InChI is InChI=1S/C17H19N3/c1-3-17(2,18)16-19-11-15(20-16)14-9-8-12-6-4-5-7-13(12)10-14/h4-11H,3,18H2,1-2H3,(H,19,20). The van der Waals surface area contributed by atoms with Crippen molar-refractivity contribution >= 4 is 10.8 Å². The number of hydrogen-bond acceptors (Lipinski definition) is 2. The van der Waals surface area contributed by atoms with Crippen LogP contribution in [0.1, 0.15) is 26.1 Å². The molecule has 3 heteroatoms. The number of rotatable bonds is 3. The number of nitrogens with one attached hydrogen (secondary N) is 1. The molecule has 3 rings (SSSR count). The Balaban J connectivity index is 2.03. The Hall–Kier alpha value is -2.13. The average Bonchev–Trinajstić information content (AvgIpc) is 2.97. The first-order chi connectivity index (χ1) is 9.60. The fourth-order valence-corrected chi connectivity index (χ4v) is 2.28. The zero-order valence-electron chi connectivity index (χ0n) is 11.9. The van der Waals surface area contributed by atoms with Gasteiger partial charge >= 0.3 is 0 Å². The van der Waals surface area contributed by atoms with Crippen LogP contribution in [0.25, 0.3) is 22.0 Å². The van der Waals surface area contributed by atoms with Gasteiger partial charge in [-0.15, -0.1) is 0 Å². The molecule has 0 aliphatic rings. The summed E-state index contributed by atoms with van der Waals surface area (Å²) in [4.78, 5) is 7.78. The second kappa shape index (κ2) is 4.76. The molecule has 0 spiro atoms. The molecule has 1 atom stereocenters. The molecule has 3 nitrogen and oxygen atoms in total. The number of nitrogens with two attached hydrogens (primary N) is 1. The molecule has 20 heavy (non-hydrogen) atoms. The quantitative estimate of drug-likeness (QED) is 0.756. The van der Waals surface area contributed by atoms with Gasteiger partial charge in [-0.25, -0.2) is 4.98 Å². The van der Waals surface area contributed by atoms with E-state index in [1.165, 1.54) is 10.8 Å². The summed E-state index contributed by atoms with van der Waals surface area (Å²) >= 11 is 0. The minimum Gasteiger partial charge on any atom is -0.340 e. The summed E-state index contributed by atoms with van der Waals surface area (Å²) in [5.41, 5.74) is 7.96. The fraction of sp³-hybridized carbons (Fsp3) is 0.235. The largest absolute Gasteiger partial charge is 0.340 e. The summed E-state index contributed by atoms with van der Waals surface area (Å²) in [5.74, 6) is 0.836. The second-order valence-corrected chi connectivity index (χ2v) is 5.48. The van der Waals surface area contributed by atoms with Crippen molar-refractivity contribution in [1.82, 2.24) is 9.97 Å². The van der Waals surface area contributed by atoms with Gasteiger partial charge < -0.3 is 10.7 Å². The summed E-state index contributed by atoms with van der Waals surface area (Å²) in [6, 6.07) is 14.8. The molecule has 0 saturated carbocycles. The first-order valence-electron chi connectivity index (χ1n) is 6.94. The minimum atomic E-state index is -0.408. The van der Waals surface area contributed by atoms with Gasteiger partial charge in [-0.1, -0.05) is 43.3 Å². The molecule has 102 valence electrons. The summed E-state index contributed by atoms with van der Waals surface area (Å²) < 4.78 is 0. The third-order valence-corrected chi connectivity index (χ3v) is 3.91. The topological polar surface area (TPSA) is 54.7 Å². The van der Waals surface area contributed by atoms with Crippen molar-refractivity contribution in [2.45, 2.75) is 25.8 Å². The SMILES string of the molecule is CCC(C)(N)c1ncc(-c2ccc3ccccc3c2)[nH]1. The lowest BCUT2D eigenvalue weighted by Gasteiger charge is -2.19. The highest BCUT2D eigenvalue weighted by Crippen LogP contribution is 2.25. The van der Waals surface area contributed by atoms with Gasteiger partial charge in [0, 0.05) is 5.56 Å². The molecule has 0 bridgehead atoms. The van der Waals surface area contributed by atoms with Gasteiger partial charge in [-0.05, 0) is 30.2 Å². The van der Waals surface area contributed by atoms with Crippen LogP contribution in [0.4, 0.5) is 0 Å². The lowest BCUT2D eigenvalue weighted by Crippen LogP contribution is -2.33. The van der Waals surface area contributed by atoms with Crippen molar-refractivity contribution in [2.24, 2.45) is 5.73 Å². The molecule has 2 aromatic carbocycles. The van der Waals surface area contributed by atoms with E-state index in [-0.39, 0.29) is 0 Å². The summed E-state index contributed by atoms with van der Waals surface area (Å²) in [7, 11) is 0. The molecule has 0 radical (unpaired) electrons. The Morgan fingerprint density at radius 3 is 2.65 bits per heavy atom. The van der Waals surface area contributed by atoms with Crippen molar-refractivity contribution in [2.75, 3.05) is 0 Å². The predicted molar refractivity (Wildman–Crippen MR) is 83.4 cm³/mol. The molecule has 0 aliphatic heterocycles. The van der Waals surface area contributed by atoms with Crippen LogP contribution in [0.3, 0.4) is 0 Å². The van der Waals surface area contributed by atoms with Crippen LogP contribution in [0.15, 0.2) is 48.7 Å². The number of nitrogens with zero attached hydrogens (tertiary/aromatic N) is 1. The second-order valence-electron chi connectivity index (χ2n) is 5.48. The van der Waals surface area contributed by atoms with Crippen LogP contribution in [-0.2, 0) is 5.54 Å². The maximum atomic E-state index is 6.23. The van der Waals surface area contributed by atoms with E-state index in [1.54, 1.807) is 0 Å². The van der Waals surface area contributed by atoms with Crippen molar-refractivity contribution in [1.29, 1.82) is 0 Å². The number of imidazole rings is 1. The van der Waals surface area contributed by atoms with Crippen LogP contribution in [-0.4, -0.2) is 9.97 Å². The third-order valence-electron chi connectivity index (χ3n) is 3.91. The Bertz CT molecular complexity index is 741. The van der Waals surface area contributed by atoms with E-state index in [0.717, 1.165) is 23.5 Å². The van der Waals surface area contributed by atoms with E-state index >= 15 is 0 Å². The van der Waals surface area contributed by atoms with Crippen molar-refractivity contribution < 1.29 is 0 Å². The van der Waals surface area contributed by atoms with Crippen LogP contribution in [0, 0.1) is 0 Å². The summed E-state index contributed by atoms with van der Waals surface area (Å²) in [6.07, 6.45) is 2.71. The van der Waals surface area contributed by atoms with Gasteiger partial charge in [0.15, 0.2) is 0 Å². The normalized spacial score (nSPS) is 14.3. The molecule has 1 unspecified atom stereocenters. The van der Waals surface area contributed by atoms with E-state index in [9.17, 15) is 0 Å². The smallest absolute Gasteiger partial charge is 0.126 e. The Morgan fingerprint density at radius 2 is 1.90 bits per heavy atom. The maximum Gasteiger partial charge on any atom is 0.126 e. The van der Waals surface area contributed by atoms with Crippen LogP contribution >= 0.6 is 0 Å². The molecule has 0 amide bonds. The molecule has 1 heterocycles. The fourth-order valence-electron chi connectivity index (χ4n) is 2.28. The van der Waals surface area contributed by atoms with E-state index in [4.69, 9.17) is 5.73 Å². The monoisotopic (exact) mass is 265 g/mol. The van der Waals surface area contributed by atoms with Gasteiger partial charge in [0.1, 0.15) is 5.82 Å². The minimum absolute atomic E-state index is 0.408. The molecule has 1 aromatic heterocycles. The van der Waals surface area contributed by atoms with Crippen LogP contribution in [0.5, 0.6) is 0 Å². The Labute approximate surface area is 118 Å². The van der Waals surface area contributed by atoms with E-state index in [0.29, 0.717) is 0 Å². The number of aromatic nitrogens is 2. The molecule has 0 saturated heterocycles. The highest BCUT2D eigenvalue weighted by Gasteiger charge is 2.22. The van der Waals surface area contributed by atoms with Gasteiger partial charge in [0.05, 0.1) is 17.4 Å². The highest BCUT2D eigenvalue weighted by molar-refractivity contribution is 5.86. The number of aromatic amines is 1. The van der Waals surface area contributed by atoms with Crippen LogP contribution < -0.4 is 5.73 Å². The third kappa shape index (κ3) is 2.21. The Kier molecular flexibility index (Phi) is 3.07. The maximum absolute atomic E-state index is 6.23. The first kappa shape index (κ1) is 12.9. The molecule has 0 aliphatic carbocycles. The first-order valence-corrected chi connectivity index (χ1v) is 6.94. The Morgan fingerprint density at radius 1 is 1.15 bits per heavy atom. The summed E-state index contributed by atoms with van der Waals surface area (Å²) in [6.45, 7) is 4.06. The summed E-state index contributed by atoms with van der Waals surface area (Å²) in [5, 5.41) is 2.47. The number of fused-ring (bicyclic) bond motifs is 1. The van der Waals surface area contributed by atoms with E-state index in [2.05, 4.69) is 59.4 Å².